The Labute approximate surface area is 115 Å². The molecule has 0 spiro atoms. The second kappa shape index (κ2) is 6.02. The summed E-state index contributed by atoms with van der Waals surface area (Å²) in [6, 6.07) is 0.384. The maximum Gasteiger partial charge on any atom is 0.271 e. The molecule has 0 fully saturated rings. The van der Waals surface area contributed by atoms with Crippen molar-refractivity contribution in [2.45, 2.75) is 6.04 Å². The highest BCUT2D eigenvalue weighted by Crippen LogP contribution is 2.19. The van der Waals surface area contributed by atoms with Crippen LogP contribution in [0.4, 0.5) is 13.2 Å². The van der Waals surface area contributed by atoms with Crippen molar-refractivity contribution < 1.29 is 23.1 Å². The van der Waals surface area contributed by atoms with E-state index < -0.39 is 36.0 Å². The van der Waals surface area contributed by atoms with Crippen molar-refractivity contribution in [3.05, 3.63) is 51.7 Å². The predicted octanol–water partition coefficient (Wildman–Crippen LogP) is 2.02. The fourth-order valence-electron chi connectivity index (χ4n) is 1.57. The Bertz CT molecular complexity index is 596. The zero-order valence-electron chi connectivity index (χ0n) is 9.94. The first-order valence-corrected chi connectivity index (χ1v) is 6.41. The molecule has 8 heteroatoms. The molecule has 0 aliphatic heterocycles. The van der Waals surface area contributed by atoms with Crippen molar-refractivity contribution in [2.75, 3.05) is 6.61 Å². The second-order valence-corrected chi connectivity index (χ2v) is 4.60. The van der Waals surface area contributed by atoms with Crippen LogP contribution in [0, 0.1) is 17.5 Å². The van der Waals surface area contributed by atoms with Gasteiger partial charge in [-0.15, -0.1) is 11.3 Å². The van der Waals surface area contributed by atoms with Gasteiger partial charge in [-0.25, -0.2) is 18.2 Å². The standard InChI is InChI=1S/C12H9F3N2O2S/c13-7-1-6(2-8(14)11(7)15)9(3-18)17-12(19)10-4-20-5-16-10/h1-2,4-5,9,18H,3H2,(H,17,19). The average molecular weight is 302 g/mol. The minimum Gasteiger partial charge on any atom is -0.394 e. The van der Waals surface area contributed by atoms with Crippen LogP contribution >= 0.6 is 11.3 Å². The van der Waals surface area contributed by atoms with Gasteiger partial charge in [-0.1, -0.05) is 0 Å². The molecule has 1 amide bonds. The van der Waals surface area contributed by atoms with E-state index in [0.29, 0.717) is 0 Å². The molecule has 1 atom stereocenters. The Morgan fingerprint density at radius 3 is 2.50 bits per heavy atom. The van der Waals surface area contributed by atoms with Crippen LogP contribution in [0.1, 0.15) is 22.1 Å². The molecule has 1 aromatic carbocycles. The number of halogens is 3. The van der Waals surface area contributed by atoms with Gasteiger partial charge in [-0.05, 0) is 17.7 Å². The van der Waals surface area contributed by atoms with Crippen molar-refractivity contribution in [3.8, 4) is 0 Å². The highest BCUT2D eigenvalue weighted by molar-refractivity contribution is 7.07. The van der Waals surface area contributed by atoms with Gasteiger partial charge in [-0.3, -0.25) is 4.79 Å². The zero-order valence-corrected chi connectivity index (χ0v) is 10.8. The lowest BCUT2D eigenvalue weighted by atomic mass is 10.1. The molecule has 2 rings (SSSR count). The number of aliphatic hydroxyl groups is 1. The van der Waals surface area contributed by atoms with Crippen LogP contribution in [-0.2, 0) is 0 Å². The van der Waals surface area contributed by atoms with Gasteiger partial charge in [0.05, 0.1) is 18.2 Å². The SMILES string of the molecule is O=C(NC(CO)c1cc(F)c(F)c(F)c1)c1cscn1. The lowest BCUT2D eigenvalue weighted by Crippen LogP contribution is -2.31. The Morgan fingerprint density at radius 2 is 2.00 bits per heavy atom. The summed E-state index contributed by atoms with van der Waals surface area (Å²) in [6.07, 6.45) is 0. The topological polar surface area (TPSA) is 62.2 Å². The summed E-state index contributed by atoms with van der Waals surface area (Å²) in [5.41, 5.74) is 1.49. The summed E-state index contributed by atoms with van der Waals surface area (Å²) < 4.78 is 39.1. The molecule has 0 bridgehead atoms. The highest BCUT2D eigenvalue weighted by Gasteiger charge is 2.20. The molecule has 0 aliphatic rings. The van der Waals surface area contributed by atoms with Crippen molar-refractivity contribution in [1.29, 1.82) is 0 Å². The van der Waals surface area contributed by atoms with E-state index >= 15 is 0 Å². The molecular formula is C12H9F3N2O2S. The Kier molecular flexibility index (Phi) is 4.35. The molecule has 0 radical (unpaired) electrons. The molecule has 0 saturated heterocycles. The first-order chi connectivity index (χ1) is 9.52. The van der Waals surface area contributed by atoms with E-state index in [1.807, 2.05) is 0 Å². The van der Waals surface area contributed by atoms with Crippen molar-refractivity contribution in [2.24, 2.45) is 0 Å². The largest absolute Gasteiger partial charge is 0.394 e. The second-order valence-electron chi connectivity index (χ2n) is 3.88. The summed E-state index contributed by atoms with van der Waals surface area (Å²) in [6.45, 7) is -0.597. The fourth-order valence-corrected chi connectivity index (χ4v) is 2.10. The number of aromatic nitrogens is 1. The maximum atomic E-state index is 13.1. The first kappa shape index (κ1) is 14.5. The van der Waals surface area contributed by atoms with E-state index in [1.54, 1.807) is 0 Å². The van der Waals surface area contributed by atoms with Crippen molar-refractivity contribution in [3.63, 3.8) is 0 Å². The number of aliphatic hydroxyl groups excluding tert-OH is 1. The molecule has 0 saturated carbocycles. The Balaban J connectivity index is 2.22. The maximum absolute atomic E-state index is 13.1. The van der Waals surface area contributed by atoms with E-state index in [0.717, 1.165) is 12.1 Å². The minimum atomic E-state index is -1.60. The fraction of sp³-hybridized carbons (Fsp3) is 0.167. The third kappa shape index (κ3) is 2.97. The van der Waals surface area contributed by atoms with Gasteiger partial charge in [0.15, 0.2) is 17.5 Å². The zero-order chi connectivity index (χ0) is 14.7. The van der Waals surface area contributed by atoms with Crippen LogP contribution in [0.15, 0.2) is 23.0 Å². The van der Waals surface area contributed by atoms with Gasteiger partial charge in [0.25, 0.3) is 5.91 Å². The predicted molar refractivity (Wildman–Crippen MR) is 65.7 cm³/mol. The average Bonchev–Trinajstić information content (AvgIpc) is 2.95. The Morgan fingerprint density at radius 1 is 1.35 bits per heavy atom. The number of hydrogen-bond donors (Lipinski definition) is 2. The van der Waals surface area contributed by atoms with E-state index in [-0.39, 0.29) is 11.3 Å². The number of carbonyl (C=O) groups is 1. The van der Waals surface area contributed by atoms with Gasteiger partial charge >= 0.3 is 0 Å². The smallest absolute Gasteiger partial charge is 0.271 e. The van der Waals surface area contributed by atoms with Crippen LogP contribution < -0.4 is 5.32 Å². The minimum absolute atomic E-state index is 0.0764. The van der Waals surface area contributed by atoms with Crippen LogP contribution in [0.3, 0.4) is 0 Å². The first-order valence-electron chi connectivity index (χ1n) is 5.47. The van der Waals surface area contributed by atoms with Gasteiger partial charge in [0.2, 0.25) is 0 Å². The molecule has 0 aliphatic carbocycles. The van der Waals surface area contributed by atoms with Crippen LogP contribution in [0.2, 0.25) is 0 Å². The van der Waals surface area contributed by atoms with E-state index in [1.165, 1.54) is 22.2 Å². The third-order valence-corrected chi connectivity index (χ3v) is 3.15. The number of thiazole rings is 1. The van der Waals surface area contributed by atoms with Gasteiger partial charge in [0.1, 0.15) is 5.69 Å². The number of benzene rings is 1. The summed E-state index contributed by atoms with van der Waals surface area (Å²) in [5, 5.41) is 13.0. The lowest BCUT2D eigenvalue weighted by Gasteiger charge is -2.16. The van der Waals surface area contributed by atoms with Gasteiger partial charge in [-0.2, -0.15) is 0 Å². The van der Waals surface area contributed by atoms with Gasteiger partial charge < -0.3 is 10.4 Å². The van der Waals surface area contributed by atoms with Crippen molar-refractivity contribution in [1.82, 2.24) is 10.3 Å². The van der Waals surface area contributed by atoms with Crippen LogP contribution in [0.25, 0.3) is 0 Å². The third-order valence-electron chi connectivity index (χ3n) is 2.56. The van der Waals surface area contributed by atoms with Crippen LogP contribution in [0.5, 0.6) is 0 Å². The Hall–Kier alpha value is -1.93. The summed E-state index contributed by atoms with van der Waals surface area (Å²) in [7, 11) is 0. The number of rotatable bonds is 4. The molecule has 2 aromatic rings. The van der Waals surface area contributed by atoms with Crippen molar-refractivity contribution >= 4 is 17.2 Å². The molecule has 106 valence electrons. The number of amides is 1. The van der Waals surface area contributed by atoms with E-state index in [9.17, 15) is 23.1 Å². The van der Waals surface area contributed by atoms with Crippen LogP contribution in [-0.4, -0.2) is 22.6 Å². The van der Waals surface area contributed by atoms with Gasteiger partial charge in [0, 0.05) is 5.38 Å². The molecule has 1 unspecified atom stereocenters. The number of nitrogens with zero attached hydrogens (tertiary/aromatic N) is 1. The molecule has 1 heterocycles. The van der Waals surface area contributed by atoms with E-state index in [2.05, 4.69) is 10.3 Å². The molecule has 20 heavy (non-hydrogen) atoms. The normalized spacial score (nSPS) is 12.2. The summed E-state index contributed by atoms with van der Waals surface area (Å²) in [5.74, 6) is -4.98. The number of carbonyl (C=O) groups excluding carboxylic acids is 1. The lowest BCUT2D eigenvalue weighted by molar-refractivity contribution is 0.0911. The summed E-state index contributed by atoms with van der Waals surface area (Å²) in [4.78, 5) is 15.5. The quantitative estimate of drug-likeness (QED) is 0.849. The van der Waals surface area contributed by atoms with E-state index in [4.69, 9.17) is 0 Å². The molecule has 4 nitrogen and oxygen atoms in total. The summed E-state index contributed by atoms with van der Waals surface area (Å²) >= 11 is 1.20. The molecule has 2 N–H and O–H groups in total. The number of hydrogen-bond acceptors (Lipinski definition) is 4. The molecular weight excluding hydrogens is 293 g/mol. The number of nitrogens with one attached hydrogen (secondary N) is 1. The highest BCUT2D eigenvalue weighted by atomic mass is 32.1. The molecule has 1 aromatic heterocycles. The monoisotopic (exact) mass is 302 g/mol.